The number of unbranched alkanes of at least 4 members (excludes halogenated alkanes) is 7. The molecule has 2 aromatic carbocycles. The van der Waals surface area contributed by atoms with Gasteiger partial charge >= 0.3 is 11.9 Å². The summed E-state index contributed by atoms with van der Waals surface area (Å²) in [6, 6.07) is 16.9. The number of hydrogen-bond acceptors (Lipinski definition) is 5. The number of hydrogen-bond donors (Lipinski definition) is 3. The molecule has 0 saturated carbocycles. The van der Waals surface area contributed by atoms with Crippen molar-refractivity contribution in [2.75, 3.05) is 0 Å². The van der Waals surface area contributed by atoms with E-state index >= 15 is 0 Å². The highest BCUT2D eigenvalue weighted by Crippen LogP contribution is 2.10. The molecule has 0 saturated heterocycles. The Morgan fingerprint density at radius 1 is 0.559 bits per heavy atom. The van der Waals surface area contributed by atoms with E-state index < -0.39 is 23.8 Å². The number of nitrogens with two attached hydrogens (primary N) is 1. The molecular formula is C26H34N2O6. The molecule has 8 heteroatoms. The minimum atomic E-state index is -0.714. The van der Waals surface area contributed by atoms with Gasteiger partial charge in [0.1, 0.15) is 0 Å². The van der Waals surface area contributed by atoms with Gasteiger partial charge in [0.15, 0.2) is 0 Å². The van der Waals surface area contributed by atoms with Crippen molar-refractivity contribution >= 4 is 23.8 Å². The summed E-state index contributed by atoms with van der Waals surface area (Å²) in [5, 5.41) is 17.4. The molecule has 0 heterocycles. The second-order valence-corrected chi connectivity index (χ2v) is 7.83. The highest BCUT2D eigenvalue weighted by Gasteiger charge is 2.20. The van der Waals surface area contributed by atoms with Gasteiger partial charge in [0.2, 0.25) is 0 Å². The number of nitrogens with zero attached hydrogens (tertiary/aromatic N) is 1. The number of imide groups is 1. The minimum absolute atomic E-state index is 0.276. The van der Waals surface area contributed by atoms with Crippen LogP contribution >= 0.6 is 0 Å². The van der Waals surface area contributed by atoms with Gasteiger partial charge in [0.05, 0.1) is 0 Å². The summed E-state index contributed by atoms with van der Waals surface area (Å²) in [4.78, 5) is 44.3. The van der Waals surface area contributed by atoms with Crippen LogP contribution in [-0.4, -0.2) is 39.0 Å². The summed E-state index contributed by atoms with van der Waals surface area (Å²) in [5.41, 5.74) is 0.758. The van der Waals surface area contributed by atoms with Crippen LogP contribution in [0.5, 0.6) is 0 Å². The number of aliphatic carboxylic acids is 2. The van der Waals surface area contributed by atoms with Crippen LogP contribution in [0, 0.1) is 0 Å². The highest BCUT2D eigenvalue weighted by atomic mass is 16.4. The molecule has 2 amide bonds. The normalized spacial score (nSPS) is 10.0. The molecule has 8 nitrogen and oxygen atoms in total. The van der Waals surface area contributed by atoms with E-state index in [1.807, 2.05) is 0 Å². The fourth-order valence-electron chi connectivity index (χ4n) is 3.14. The fraction of sp³-hybridized carbons (Fsp3) is 0.385. The van der Waals surface area contributed by atoms with Crippen LogP contribution in [0.25, 0.3) is 0 Å². The summed E-state index contributed by atoms with van der Waals surface area (Å²) < 4.78 is 0. The third-order valence-electron chi connectivity index (χ3n) is 5.01. The molecule has 0 radical (unpaired) electrons. The van der Waals surface area contributed by atoms with Gasteiger partial charge in [0.25, 0.3) is 11.8 Å². The van der Waals surface area contributed by atoms with Gasteiger partial charge in [-0.25, -0.2) is 10.9 Å². The predicted octanol–water partition coefficient (Wildman–Crippen LogP) is 4.90. The van der Waals surface area contributed by atoms with E-state index in [2.05, 4.69) is 0 Å². The van der Waals surface area contributed by atoms with E-state index in [0.29, 0.717) is 16.1 Å². The molecule has 0 unspecified atom stereocenters. The molecule has 0 aliphatic heterocycles. The Hall–Kier alpha value is -3.52. The largest absolute Gasteiger partial charge is 0.481 e. The number of carbonyl (C=O) groups excluding carboxylic acids is 2. The molecule has 0 aliphatic carbocycles. The Labute approximate surface area is 200 Å². The van der Waals surface area contributed by atoms with Crippen molar-refractivity contribution in [3.63, 3.8) is 0 Å². The molecule has 0 atom stereocenters. The van der Waals surface area contributed by atoms with Crippen molar-refractivity contribution in [1.29, 1.82) is 0 Å². The zero-order chi connectivity index (χ0) is 25.2. The van der Waals surface area contributed by atoms with E-state index in [1.54, 1.807) is 60.7 Å². The van der Waals surface area contributed by atoms with Crippen LogP contribution < -0.4 is 5.84 Å². The van der Waals surface area contributed by atoms with Gasteiger partial charge in [-0.15, -0.1) is 0 Å². The standard InChI is InChI=1S/C14H12N2O2.C12H22O4/c15-16(13(17)11-7-3-1-4-8-11)14(18)12-9-5-2-6-10-12;13-11(14)9-7-5-3-1-2-4-6-8-10-12(15)16/h1-10H,15H2;1-10H2,(H,13,14)(H,15,16). The first-order chi connectivity index (χ1) is 16.3. The third-order valence-corrected chi connectivity index (χ3v) is 5.01. The van der Waals surface area contributed by atoms with Crippen LogP contribution in [0.3, 0.4) is 0 Å². The van der Waals surface area contributed by atoms with Gasteiger partial charge in [-0.3, -0.25) is 19.2 Å². The van der Waals surface area contributed by atoms with Gasteiger partial charge < -0.3 is 10.2 Å². The first-order valence-electron chi connectivity index (χ1n) is 11.5. The van der Waals surface area contributed by atoms with Crippen molar-refractivity contribution < 1.29 is 29.4 Å². The molecule has 0 aromatic heterocycles. The summed E-state index contributed by atoms with van der Waals surface area (Å²) in [5.74, 6) is 3.08. The van der Waals surface area contributed by atoms with Crippen LogP contribution in [0.15, 0.2) is 60.7 Å². The lowest BCUT2D eigenvalue weighted by atomic mass is 10.1. The van der Waals surface area contributed by atoms with E-state index in [1.165, 1.54) is 0 Å². The Kier molecular flexibility index (Phi) is 14.3. The maximum Gasteiger partial charge on any atom is 0.303 e. The van der Waals surface area contributed by atoms with Crippen molar-refractivity contribution in [2.45, 2.75) is 64.2 Å². The molecule has 4 N–H and O–H groups in total. The molecule has 2 rings (SSSR count). The Morgan fingerprint density at radius 2 is 0.853 bits per heavy atom. The van der Waals surface area contributed by atoms with Gasteiger partial charge in [-0.05, 0) is 37.1 Å². The van der Waals surface area contributed by atoms with E-state index in [0.717, 1.165) is 51.4 Å². The number of carboxylic acid groups (broad SMARTS) is 2. The first-order valence-corrected chi connectivity index (χ1v) is 11.5. The quantitative estimate of drug-likeness (QED) is 0.124. The lowest BCUT2D eigenvalue weighted by Gasteiger charge is -2.14. The fourth-order valence-corrected chi connectivity index (χ4v) is 3.14. The second kappa shape index (κ2) is 17.0. The minimum Gasteiger partial charge on any atom is -0.481 e. The summed E-state index contributed by atoms with van der Waals surface area (Å²) in [6.07, 6.45) is 8.51. The average Bonchev–Trinajstić information content (AvgIpc) is 2.85. The van der Waals surface area contributed by atoms with Crippen molar-refractivity contribution in [2.24, 2.45) is 5.84 Å². The van der Waals surface area contributed by atoms with E-state index in [9.17, 15) is 19.2 Å². The number of carboxylic acids is 2. The van der Waals surface area contributed by atoms with E-state index in [-0.39, 0.29) is 12.8 Å². The van der Waals surface area contributed by atoms with Crippen molar-refractivity contribution in [3.8, 4) is 0 Å². The van der Waals surface area contributed by atoms with Crippen LogP contribution in [-0.2, 0) is 9.59 Å². The van der Waals surface area contributed by atoms with E-state index in [4.69, 9.17) is 16.1 Å². The van der Waals surface area contributed by atoms with Crippen molar-refractivity contribution in [1.82, 2.24) is 5.01 Å². The van der Waals surface area contributed by atoms with Crippen LogP contribution in [0.2, 0.25) is 0 Å². The third kappa shape index (κ3) is 12.5. The van der Waals surface area contributed by atoms with Crippen molar-refractivity contribution in [3.05, 3.63) is 71.8 Å². The molecule has 34 heavy (non-hydrogen) atoms. The van der Waals surface area contributed by atoms with Crippen LogP contribution in [0.4, 0.5) is 0 Å². The molecule has 184 valence electrons. The number of hydrazine groups is 1. The average molecular weight is 471 g/mol. The Morgan fingerprint density at radius 3 is 1.15 bits per heavy atom. The van der Waals surface area contributed by atoms with Crippen LogP contribution in [0.1, 0.15) is 84.9 Å². The first kappa shape index (κ1) is 28.5. The predicted molar refractivity (Wildman–Crippen MR) is 129 cm³/mol. The lowest BCUT2D eigenvalue weighted by molar-refractivity contribution is -0.138. The number of amides is 2. The molecular weight excluding hydrogens is 436 g/mol. The summed E-state index contributed by atoms with van der Waals surface area (Å²) in [7, 11) is 0. The summed E-state index contributed by atoms with van der Waals surface area (Å²) in [6.45, 7) is 0. The van der Waals surface area contributed by atoms with Gasteiger partial charge in [0, 0.05) is 24.0 Å². The zero-order valence-corrected chi connectivity index (χ0v) is 19.4. The number of carbonyl (C=O) groups is 4. The Bertz CT molecular complexity index is 813. The molecule has 0 aliphatic rings. The molecule has 0 bridgehead atoms. The monoisotopic (exact) mass is 470 g/mol. The number of benzene rings is 2. The second-order valence-electron chi connectivity index (χ2n) is 7.83. The van der Waals surface area contributed by atoms with Gasteiger partial charge in [-0.2, -0.15) is 0 Å². The maximum atomic E-state index is 11.9. The smallest absolute Gasteiger partial charge is 0.303 e. The summed E-state index contributed by atoms with van der Waals surface area (Å²) >= 11 is 0. The van der Waals surface area contributed by atoms with Gasteiger partial charge in [-0.1, -0.05) is 74.9 Å². The zero-order valence-electron chi connectivity index (χ0n) is 19.4. The maximum absolute atomic E-state index is 11.9. The molecule has 2 aromatic rings. The molecule has 0 spiro atoms. The lowest BCUT2D eigenvalue weighted by Crippen LogP contribution is -2.42. The number of rotatable bonds is 13. The topological polar surface area (TPSA) is 138 Å². The highest BCUT2D eigenvalue weighted by molar-refractivity contribution is 6.09. The molecule has 0 fully saturated rings. The Balaban J connectivity index is 0.000000344. The SMILES string of the molecule is NN(C(=O)c1ccccc1)C(=O)c1ccccc1.O=C(O)CCCCCCCCCCC(=O)O.